The molecule has 2 aliphatic rings. The van der Waals surface area contributed by atoms with E-state index in [9.17, 15) is 14.4 Å². The van der Waals surface area contributed by atoms with Crippen molar-refractivity contribution in [3.8, 4) is 11.1 Å². The number of amides is 2. The first-order valence-corrected chi connectivity index (χ1v) is 11.4. The van der Waals surface area contributed by atoms with Crippen molar-refractivity contribution in [3.05, 3.63) is 95.6 Å². The molecule has 0 bridgehead atoms. The molecule has 35 heavy (non-hydrogen) atoms. The average Bonchev–Trinajstić information content (AvgIpc) is 3.15. The Kier molecular flexibility index (Phi) is 6.06. The standard InChI is InChI=1S/C28H24N2O5/c31-26(30-15-19(16-30)27(32)33)14-11-18-9-12-20(13-10-18)29-28(34)35-17-25-23-7-3-1-5-21(23)22-6-2-4-8-24(22)25/h1-14,19,25H,15-17H2,(H,29,34)(H,32,33)/b14-11+. The van der Waals surface area contributed by atoms with Gasteiger partial charge in [0.25, 0.3) is 0 Å². The number of aliphatic carboxylic acids is 1. The molecule has 3 aromatic rings. The second-order valence-electron chi connectivity index (χ2n) is 8.68. The molecule has 0 spiro atoms. The average molecular weight is 469 g/mol. The van der Waals surface area contributed by atoms with Crippen LogP contribution in [0.1, 0.15) is 22.6 Å². The van der Waals surface area contributed by atoms with Gasteiger partial charge in [0.2, 0.25) is 5.91 Å². The molecule has 1 aliphatic carbocycles. The van der Waals surface area contributed by atoms with Gasteiger partial charge in [-0.1, -0.05) is 60.7 Å². The third kappa shape index (κ3) is 4.66. The van der Waals surface area contributed by atoms with Crippen LogP contribution in [0.4, 0.5) is 10.5 Å². The number of fused-ring (bicyclic) bond motifs is 3. The molecule has 0 unspecified atom stereocenters. The van der Waals surface area contributed by atoms with Crippen LogP contribution in [-0.2, 0) is 14.3 Å². The minimum atomic E-state index is -0.877. The van der Waals surface area contributed by atoms with Crippen LogP contribution in [0, 0.1) is 5.92 Å². The molecule has 7 heteroatoms. The van der Waals surface area contributed by atoms with E-state index in [0.29, 0.717) is 5.69 Å². The van der Waals surface area contributed by atoms with E-state index in [2.05, 4.69) is 29.6 Å². The number of carbonyl (C=O) groups is 3. The lowest BCUT2D eigenvalue weighted by Gasteiger charge is -2.35. The van der Waals surface area contributed by atoms with E-state index in [4.69, 9.17) is 9.84 Å². The number of anilines is 1. The maximum Gasteiger partial charge on any atom is 0.411 e. The lowest BCUT2D eigenvalue weighted by atomic mass is 9.98. The van der Waals surface area contributed by atoms with Gasteiger partial charge in [-0.25, -0.2) is 4.79 Å². The van der Waals surface area contributed by atoms with Crippen molar-refractivity contribution in [1.82, 2.24) is 4.90 Å². The Labute approximate surface area is 202 Å². The molecule has 7 nitrogen and oxygen atoms in total. The molecule has 5 rings (SSSR count). The summed E-state index contributed by atoms with van der Waals surface area (Å²) in [5.41, 5.74) is 6.03. The van der Waals surface area contributed by atoms with Crippen LogP contribution in [0.5, 0.6) is 0 Å². The van der Waals surface area contributed by atoms with E-state index in [1.165, 1.54) is 22.1 Å². The normalized spacial score (nSPS) is 14.8. The molecule has 1 heterocycles. The van der Waals surface area contributed by atoms with E-state index < -0.39 is 18.0 Å². The van der Waals surface area contributed by atoms with Crippen molar-refractivity contribution in [2.45, 2.75) is 5.92 Å². The highest BCUT2D eigenvalue weighted by Gasteiger charge is 2.34. The summed E-state index contributed by atoms with van der Waals surface area (Å²) >= 11 is 0. The summed E-state index contributed by atoms with van der Waals surface area (Å²) in [4.78, 5) is 36.9. The summed E-state index contributed by atoms with van der Waals surface area (Å²) in [6.07, 6.45) is 2.55. The summed E-state index contributed by atoms with van der Waals surface area (Å²) in [7, 11) is 0. The fourth-order valence-electron chi connectivity index (χ4n) is 4.52. The minimum absolute atomic E-state index is 0.00427. The van der Waals surface area contributed by atoms with Crippen LogP contribution in [0.2, 0.25) is 0 Å². The topological polar surface area (TPSA) is 95.9 Å². The van der Waals surface area contributed by atoms with Crippen molar-refractivity contribution < 1.29 is 24.2 Å². The summed E-state index contributed by atoms with van der Waals surface area (Å²) < 4.78 is 5.57. The minimum Gasteiger partial charge on any atom is -0.481 e. The SMILES string of the molecule is O=C(Nc1ccc(/C=C/C(=O)N2CC(C(=O)O)C2)cc1)OCC1c2ccccc2-c2ccccc21. The smallest absolute Gasteiger partial charge is 0.411 e. The maximum absolute atomic E-state index is 12.4. The zero-order valence-electron chi connectivity index (χ0n) is 18.9. The van der Waals surface area contributed by atoms with Gasteiger partial charge in [-0.2, -0.15) is 0 Å². The number of likely N-dealkylation sites (tertiary alicyclic amines) is 1. The summed E-state index contributed by atoms with van der Waals surface area (Å²) in [6, 6.07) is 23.4. The number of nitrogens with zero attached hydrogens (tertiary/aromatic N) is 1. The van der Waals surface area contributed by atoms with E-state index in [-0.39, 0.29) is 31.5 Å². The summed E-state index contributed by atoms with van der Waals surface area (Å²) in [5.74, 6) is -1.58. The molecule has 3 aromatic carbocycles. The Hall–Kier alpha value is -4.39. The molecule has 2 amide bonds. The largest absolute Gasteiger partial charge is 0.481 e. The maximum atomic E-state index is 12.4. The van der Waals surface area contributed by atoms with Crippen molar-refractivity contribution in [2.24, 2.45) is 5.92 Å². The van der Waals surface area contributed by atoms with Gasteiger partial charge in [-0.15, -0.1) is 0 Å². The number of hydrogen-bond donors (Lipinski definition) is 2. The van der Waals surface area contributed by atoms with Crippen molar-refractivity contribution in [3.63, 3.8) is 0 Å². The number of carboxylic acid groups (broad SMARTS) is 1. The molecule has 0 saturated carbocycles. The zero-order chi connectivity index (χ0) is 24.4. The molecule has 1 aliphatic heterocycles. The second-order valence-corrected chi connectivity index (χ2v) is 8.68. The number of benzene rings is 3. The number of rotatable bonds is 6. The van der Waals surface area contributed by atoms with E-state index >= 15 is 0 Å². The lowest BCUT2D eigenvalue weighted by molar-refractivity contribution is -0.151. The third-order valence-electron chi connectivity index (χ3n) is 6.46. The Morgan fingerprint density at radius 3 is 2.11 bits per heavy atom. The van der Waals surface area contributed by atoms with Gasteiger partial charge < -0.3 is 14.7 Å². The Balaban J connectivity index is 1.14. The van der Waals surface area contributed by atoms with Crippen LogP contribution in [0.3, 0.4) is 0 Å². The molecule has 0 radical (unpaired) electrons. The molecular formula is C28H24N2O5. The number of ether oxygens (including phenoxy) is 1. The molecule has 0 aromatic heterocycles. The highest BCUT2D eigenvalue weighted by Crippen LogP contribution is 2.44. The summed E-state index contributed by atoms with van der Waals surface area (Å²) in [6.45, 7) is 0.713. The van der Waals surface area contributed by atoms with Crippen LogP contribution >= 0.6 is 0 Å². The van der Waals surface area contributed by atoms with E-state index in [0.717, 1.165) is 16.7 Å². The van der Waals surface area contributed by atoms with Gasteiger partial charge in [0, 0.05) is 30.8 Å². The van der Waals surface area contributed by atoms with Gasteiger partial charge >= 0.3 is 12.1 Å². The van der Waals surface area contributed by atoms with E-state index in [1.807, 2.05) is 24.3 Å². The Bertz CT molecular complexity index is 1260. The van der Waals surface area contributed by atoms with Gasteiger partial charge in [0.05, 0.1) is 5.92 Å². The van der Waals surface area contributed by atoms with E-state index in [1.54, 1.807) is 30.3 Å². The van der Waals surface area contributed by atoms with Crippen molar-refractivity contribution in [1.29, 1.82) is 0 Å². The van der Waals surface area contributed by atoms with Gasteiger partial charge in [0.1, 0.15) is 6.61 Å². The molecule has 176 valence electrons. The van der Waals surface area contributed by atoms with Crippen molar-refractivity contribution >= 4 is 29.7 Å². The first-order valence-electron chi connectivity index (χ1n) is 11.4. The second kappa shape index (κ2) is 9.46. The first kappa shape index (κ1) is 22.4. The lowest BCUT2D eigenvalue weighted by Crippen LogP contribution is -2.52. The Morgan fingerprint density at radius 1 is 0.914 bits per heavy atom. The molecular weight excluding hydrogens is 444 g/mol. The first-order chi connectivity index (χ1) is 17.0. The quantitative estimate of drug-likeness (QED) is 0.516. The number of hydrogen-bond acceptors (Lipinski definition) is 4. The Morgan fingerprint density at radius 2 is 1.51 bits per heavy atom. The monoisotopic (exact) mass is 468 g/mol. The number of carbonyl (C=O) groups excluding carboxylic acids is 2. The molecule has 1 fully saturated rings. The number of nitrogens with one attached hydrogen (secondary N) is 1. The summed E-state index contributed by atoms with van der Waals surface area (Å²) in [5, 5.41) is 11.6. The van der Waals surface area contributed by atoms with Crippen LogP contribution in [-0.4, -0.2) is 47.7 Å². The number of carboxylic acids is 1. The molecule has 0 atom stereocenters. The molecule has 2 N–H and O–H groups in total. The van der Waals surface area contributed by atoms with Gasteiger partial charge in [-0.3, -0.25) is 14.9 Å². The van der Waals surface area contributed by atoms with Crippen LogP contribution < -0.4 is 5.32 Å². The van der Waals surface area contributed by atoms with Crippen LogP contribution in [0.15, 0.2) is 78.9 Å². The highest BCUT2D eigenvalue weighted by molar-refractivity contribution is 5.93. The fraction of sp³-hybridized carbons (Fsp3) is 0.179. The van der Waals surface area contributed by atoms with Crippen LogP contribution in [0.25, 0.3) is 17.2 Å². The predicted octanol–water partition coefficient (Wildman–Crippen LogP) is 4.60. The zero-order valence-corrected chi connectivity index (χ0v) is 18.9. The van der Waals surface area contributed by atoms with Gasteiger partial charge in [-0.05, 0) is 46.0 Å². The third-order valence-corrected chi connectivity index (χ3v) is 6.46. The van der Waals surface area contributed by atoms with Crippen molar-refractivity contribution in [2.75, 3.05) is 25.0 Å². The fourth-order valence-corrected chi connectivity index (χ4v) is 4.52. The predicted molar refractivity (Wildman–Crippen MR) is 132 cm³/mol. The molecule has 1 saturated heterocycles. The highest BCUT2D eigenvalue weighted by atomic mass is 16.5. The van der Waals surface area contributed by atoms with Gasteiger partial charge in [0.15, 0.2) is 0 Å².